The average molecular weight is 317 g/mol. The zero-order valence-corrected chi connectivity index (χ0v) is 12.6. The number of methoxy groups -OCH3 is 1. The van der Waals surface area contributed by atoms with Gasteiger partial charge in [-0.25, -0.2) is 9.18 Å². The number of rotatable bonds is 7. The molecule has 0 saturated heterocycles. The number of benzene rings is 1. The highest BCUT2D eigenvalue weighted by Crippen LogP contribution is 2.36. The molecule has 0 unspecified atom stereocenters. The number of amides is 1. The maximum absolute atomic E-state index is 13.5. The summed E-state index contributed by atoms with van der Waals surface area (Å²) < 4.78 is 18.0. The van der Waals surface area contributed by atoms with Gasteiger partial charge in [-0.15, -0.1) is 12.3 Å². The molecule has 1 aromatic rings. The minimum atomic E-state index is -0.832. The van der Waals surface area contributed by atoms with E-state index in [1.165, 1.54) is 6.07 Å². The summed E-state index contributed by atoms with van der Waals surface area (Å²) in [5.41, 5.74) is -0.577. The highest BCUT2D eigenvalue weighted by Gasteiger charge is 2.38. The third-order valence-electron chi connectivity index (χ3n) is 3.50. The molecule has 2 rings (SSSR count). The Bertz CT molecular complexity index is 688. The van der Waals surface area contributed by atoms with Gasteiger partial charge in [-0.2, -0.15) is 10.2 Å². The summed E-state index contributed by atoms with van der Waals surface area (Å²) in [5, 5.41) is 10.6. The number of carbonyl (C=O) groups excluding carboxylic acids is 2. The summed E-state index contributed by atoms with van der Waals surface area (Å²) in [6, 6.07) is 3.52. The minimum absolute atomic E-state index is 0.175. The van der Waals surface area contributed by atoms with Crippen molar-refractivity contribution >= 4 is 11.9 Å². The third-order valence-corrected chi connectivity index (χ3v) is 3.50. The first-order valence-electron chi connectivity index (χ1n) is 7.05. The molecule has 1 N–H and O–H groups in total. The molecule has 0 fully saturated rings. The van der Waals surface area contributed by atoms with E-state index in [4.69, 9.17) is 6.42 Å². The second-order valence-electron chi connectivity index (χ2n) is 5.08. The molecule has 1 aromatic carbocycles. The van der Waals surface area contributed by atoms with Gasteiger partial charge >= 0.3 is 5.97 Å². The highest BCUT2D eigenvalue weighted by atomic mass is 19.1. The van der Waals surface area contributed by atoms with Crippen LogP contribution in [0.25, 0.3) is 0 Å². The molecular formula is C16H16FN3O3. The largest absolute Gasteiger partial charge is 0.465 e. The van der Waals surface area contributed by atoms with Gasteiger partial charge < -0.3 is 10.1 Å². The van der Waals surface area contributed by atoms with Crippen LogP contribution >= 0.6 is 0 Å². The quantitative estimate of drug-likeness (QED) is 0.619. The van der Waals surface area contributed by atoms with Crippen LogP contribution in [0.2, 0.25) is 0 Å². The van der Waals surface area contributed by atoms with Crippen molar-refractivity contribution in [2.45, 2.75) is 24.9 Å². The van der Waals surface area contributed by atoms with Gasteiger partial charge in [0.15, 0.2) is 5.66 Å². The monoisotopic (exact) mass is 317 g/mol. The first-order valence-corrected chi connectivity index (χ1v) is 7.05. The maximum Gasteiger partial charge on any atom is 0.340 e. The Hall–Kier alpha value is -2.75. The van der Waals surface area contributed by atoms with E-state index in [-0.39, 0.29) is 11.1 Å². The number of nitrogens with one attached hydrogen (secondary N) is 1. The fourth-order valence-corrected chi connectivity index (χ4v) is 2.08. The van der Waals surface area contributed by atoms with Gasteiger partial charge in [-0.3, -0.25) is 4.79 Å². The molecule has 0 saturated carbocycles. The Kier molecular flexibility index (Phi) is 5.06. The Morgan fingerprint density at radius 1 is 1.39 bits per heavy atom. The van der Waals surface area contributed by atoms with Gasteiger partial charge in [0.2, 0.25) is 0 Å². The first-order chi connectivity index (χ1) is 11.0. The fourth-order valence-electron chi connectivity index (χ4n) is 2.08. The lowest BCUT2D eigenvalue weighted by molar-refractivity contribution is 0.0595. The molecule has 0 spiro atoms. The van der Waals surface area contributed by atoms with Gasteiger partial charge in [-0.05, 0) is 18.2 Å². The number of halogens is 1. The summed E-state index contributed by atoms with van der Waals surface area (Å²) in [7, 11) is 1.15. The smallest absolute Gasteiger partial charge is 0.340 e. The number of hydrogen-bond acceptors (Lipinski definition) is 5. The minimum Gasteiger partial charge on any atom is -0.465 e. The second kappa shape index (κ2) is 7.01. The van der Waals surface area contributed by atoms with Crippen molar-refractivity contribution in [3.8, 4) is 12.3 Å². The molecule has 23 heavy (non-hydrogen) atoms. The highest BCUT2D eigenvalue weighted by molar-refractivity contribution is 5.98. The number of ether oxygens (including phenoxy) is 1. The Morgan fingerprint density at radius 2 is 2.13 bits per heavy atom. The molecule has 1 amide bonds. The first kappa shape index (κ1) is 16.6. The summed E-state index contributed by atoms with van der Waals surface area (Å²) >= 11 is 0. The van der Waals surface area contributed by atoms with Crippen molar-refractivity contribution in [1.29, 1.82) is 0 Å². The lowest BCUT2D eigenvalue weighted by Gasteiger charge is -2.10. The molecule has 1 aliphatic rings. The van der Waals surface area contributed by atoms with Crippen molar-refractivity contribution in [1.82, 2.24) is 5.32 Å². The van der Waals surface area contributed by atoms with Gasteiger partial charge in [0.1, 0.15) is 5.82 Å². The Labute approximate surface area is 133 Å². The van der Waals surface area contributed by atoms with Crippen LogP contribution in [0.15, 0.2) is 28.4 Å². The number of terminal acetylenes is 1. The maximum atomic E-state index is 13.5. The molecule has 0 bridgehead atoms. The molecular weight excluding hydrogens is 301 g/mol. The number of nitrogens with zero attached hydrogens (tertiary/aromatic N) is 2. The summed E-state index contributed by atoms with van der Waals surface area (Å²) in [4.78, 5) is 23.5. The van der Waals surface area contributed by atoms with E-state index >= 15 is 0 Å². The van der Waals surface area contributed by atoms with E-state index < -0.39 is 23.4 Å². The van der Waals surface area contributed by atoms with E-state index in [1.54, 1.807) is 0 Å². The average Bonchev–Trinajstić information content (AvgIpc) is 3.32. The standard InChI is InChI=1S/C16H16FN3O3/c1-3-4-7-16(19-20-16)8-9-18-14(21)11-5-6-13(17)12(10-11)15(22)23-2/h1,5-6,10H,4,7-9H2,2H3,(H,18,21). The van der Waals surface area contributed by atoms with Gasteiger partial charge in [-0.1, -0.05) is 0 Å². The Balaban J connectivity index is 1.91. The van der Waals surface area contributed by atoms with Crippen molar-refractivity contribution < 1.29 is 18.7 Å². The second-order valence-corrected chi connectivity index (χ2v) is 5.08. The molecule has 0 atom stereocenters. The molecule has 1 heterocycles. The molecule has 0 aromatic heterocycles. The van der Waals surface area contributed by atoms with Crippen LogP contribution in [0.3, 0.4) is 0 Å². The van der Waals surface area contributed by atoms with Crippen LogP contribution in [0.4, 0.5) is 4.39 Å². The number of hydrogen-bond donors (Lipinski definition) is 1. The van der Waals surface area contributed by atoms with E-state index in [0.717, 1.165) is 19.2 Å². The van der Waals surface area contributed by atoms with Gasteiger partial charge in [0.05, 0.1) is 12.7 Å². The SMILES string of the molecule is C#CCCC1(CCNC(=O)c2ccc(F)c(C(=O)OC)c2)N=N1. The Morgan fingerprint density at radius 3 is 2.74 bits per heavy atom. The molecule has 1 aliphatic heterocycles. The van der Waals surface area contributed by atoms with Crippen LogP contribution in [0.5, 0.6) is 0 Å². The lowest BCUT2D eigenvalue weighted by Crippen LogP contribution is -2.28. The van der Waals surface area contributed by atoms with E-state index in [1.807, 2.05) is 0 Å². The van der Waals surface area contributed by atoms with Crippen molar-refractivity contribution in [3.63, 3.8) is 0 Å². The topological polar surface area (TPSA) is 80.1 Å². The van der Waals surface area contributed by atoms with E-state index in [9.17, 15) is 14.0 Å². The summed E-state index contributed by atoms with van der Waals surface area (Å²) in [5.74, 6) is 0.545. The van der Waals surface area contributed by atoms with Crippen LogP contribution in [0, 0.1) is 18.2 Å². The zero-order chi connectivity index (χ0) is 16.9. The molecule has 0 aliphatic carbocycles. The molecule has 120 valence electrons. The normalized spacial score (nSPS) is 14.0. The third kappa shape index (κ3) is 4.13. The molecule has 0 radical (unpaired) electrons. The predicted octanol–water partition coefficient (Wildman–Crippen LogP) is 2.31. The van der Waals surface area contributed by atoms with Gasteiger partial charge in [0, 0.05) is 31.4 Å². The van der Waals surface area contributed by atoms with Gasteiger partial charge in [0.25, 0.3) is 5.91 Å². The number of esters is 1. The fraction of sp³-hybridized carbons (Fsp3) is 0.375. The van der Waals surface area contributed by atoms with Crippen LogP contribution in [0.1, 0.15) is 40.0 Å². The number of carbonyl (C=O) groups is 2. The van der Waals surface area contributed by atoms with Crippen molar-refractivity contribution in [3.05, 3.63) is 35.1 Å². The van der Waals surface area contributed by atoms with E-state index in [2.05, 4.69) is 26.2 Å². The van der Waals surface area contributed by atoms with Crippen LogP contribution in [-0.4, -0.2) is 31.2 Å². The molecule has 7 heteroatoms. The zero-order valence-electron chi connectivity index (χ0n) is 12.6. The molecule has 6 nitrogen and oxygen atoms in total. The predicted molar refractivity (Wildman–Crippen MR) is 80.3 cm³/mol. The lowest BCUT2D eigenvalue weighted by atomic mass is 10.0. The van der Waals surface area contributed by atoms with Crippen molar-refractivity contribution in [2.75, 3.05) is 13.7 Å². The van der Waals surface area contributed by atoms with Crippen molar-refractivity contribution in [2.24, 2.45) is 10.2 Å². The van der Waals surface area contributed by atoms with Crippen LogP contribution in [-0.2, 0) is 4.74 Å². The summed E-state index contributed by atoms with van der Waals surface area (Å²) in [6.07, 6.45) is 6.98. The van der Waals surface area contributed by atoms with E-state index in [0.29, 0.717) is 25.8 Å². The summed E-state index contributed by atoms with van der Waals surface area (Å²) in [6.45, 7) is 0.349. The van der Waals surface area contributed by atoms with Crippen LogP contribution < -0.4 is 5.32 Å².